The molecule has 0 saturated carbocycles. The monoisotopic (exact) mass is 463 g/mol. The van der Waals surface area contributed by atoms with Gasteiger partial charge in [-0.05, 0) is 38.2 Å². The van der Waals surface area contributed by atoms with E-state index in [1.54, 1.807) is 0 Å². The van der Waals surface area contributed by atoms with Crippen LogP contribution in [0.3, 0.4) is 0 Å². The quantitative estimate of drug-likeness (QED) is 0.280. The molecule has 0 aliphatic heterocycles. The minimum absolute atomic E-state index is 0.520. The molecule has 148 valence electrons. The smallest absolute Gasteiger partial charge is 0.200 e. The largest absolute Gasteiger partial charge is 0.208 e. The van der Waals surface area contributed by atoms with Gasteiger partial charge in [0.25, 0.3) is 0 Å². The molecule has 3 nitrogen and oxygen atoms in total. The van der Waals surface area contributed by atoms with Gasteiger partial charge in [0.15, 0.2) is 11.6 Å². The summed E-state index contributed by atoms with van der Waals surface area (Å²) >= 11 is 3.45. The van der Waals surface area contributed by atoms with Crippen LogP contribution in [0.5, 0.6) is 0 Å². The summed E-state index contributed by atoms with van der Waals surface area (Å²) in [5.41, 5.74) is 6.59. The minimum Gasteiger partial charge on any atom is -0.208 e. The Bertz CT molecular complexity index is 1200. The first-order valence-electron chi connectivity index (χ1n) is 9.99. The van der Waals surface area contributed by atoms with Gasteiger partial charge < -0.3 is 0 Å². The van der Waals surface area contributed by atoms with Gasteiger partial charge in [0, 0.05) is 11.1 Å². The normalized spacial score (nSPS) is 10.7. The van der Waals surface area contributed by atoms with Crippen molar-refractivity contribution in [3.05, 3.63) is 114 Å². The molecule has 0 saturated heterocycles. The molecule has 4 heteroatoms. The Morgan fingerprint density at radius 2 is 0.677 bits per heavy atom. The number of nitrogens with zero attached hydrogens (tertiary/aromatic N) is 3. The van der Waals surface area contributed by atoms with Crippen LogP contribution in [0.4, 0.5) is 0 Å². The molecular weight excluding hydrogens is 446 g/mol. The zero-order valence-electron chi connectivity index (χ0n) is 16.6. The molecule has 0 aliphatic rings. The highest BCUT2D eigenvalue weighted by atomic mass is 79.9. The zero-order chi connectivity index (χ0) is 21.0. The van der Waals surface area contributed by atoms with Crippen molar-refractivity contribution in [3.8, 4) is 45.0 Å². The van der Waals surface area contributed by atoms with Gasteiger partial charge in [-0.25, -0.2) is 15.0 Å². The third-order valence-electron chi connectivity index (χ3n) is 5.11. The van der Waals surface area contributed by atoms with Gasteiger partial charge in [-0.2, -0.15) is 0 Å². The van der Waals surface area contributed by atoms with E-state index in [2.05, 4.69) is 74.4 Å². The van der Waals surface area contributed by atoms with Gasteiger partial charge in [0.2, 0.25) is 4.73 Å². The SMILES string of the molecule is Brc1nc(-c2ccc(-c3ccccc3)cc2)nc(-c2ccc(-c3ccccc3)cc2)n1. The van der Waals surface area contributed by atoms with Gasteiger partial charge in [-0.1, -0.05) is 109 Å². The predicted molar refractivity (Wildman–Crippen MR) is 129 cm³/mol. The number of halogens is 1. The third kappa shape index (κ3) is 4.30. The first-order chi connectivity index (χ1) is 15.3. The number of rotatable bonds is 4. The Kier molecular flexibility index (Phi) is 5.38. The molecule has 5 rings (SSSR count). The molecule has 1 aromatic heterocycles. The van der Waals surface area contributed by atoms with Crippen molar-refractivity contribution < 1.29 is 0 Å². The molecule has 0 fully saturated rings. The topological polar surface area (TPSA) is 38.7 Å². The highest BCUT2D eigenvalue weighted by Gasteiger charge is 2.10. The molecule has 0 aliphatic carbocycles. The van der Waals surface area contributed by atoms with Crippen molar-refractivity contribution in [1.82, 2.24) is 15.0 Å². The maximum atomic E-state index is 4.73. The summed E-state index contributed by atoms with van der Waals surface area (Å²) in [5, 5.41) is 0. The Morgan fingerprint density at radius 3 is 1.06 bits per heavy atom. The van der Waals surface area contributed by atoms with Crippen LogP contribution in [-0.2, 0) is 0 Å². The second-order valence-electron chi connectivity index (χ2n) is 7.14. The predicted octanol–water partition coefficient (Wildman–Crippen LogP) is 7.30. The molecule has 31 heavy (non-hydrogen) atoms. The first-order valence-corrected chi connectivity index (χ1v) is 10.8. The first kappa shape index (κ1) is 19.3. The van der Waals surface area contributed by atoms with Crippen LogP contribution in [0.15, 0.2) is 114 Å². The summed E-state index contributed by atoms with van der Waals surface area (Å²) in [7, 11) is 0. The van der Waals surface area contributed by atoms with E-state index in [1.165, 1.54) is 11.1 Å². The van der Waals surface area contributed by atoms with Crippen LogP contribution in [-0.4, -0.2) is 15.0 Å². The number of hydrogen-bond donors (Lipinski definition) is 0. The lowest BCUT2D eigenvalue weighted by Gasteiger charge is -2.07. The average Bonchev–Trinajstić information content (AvgIpc) is 2.85. The molecule has 0 unspecified atom stereocenters. The summed E-state index contributed by atoms with van der Waals surface area (Å²) < 4.78 is 0.520. The molecule has 5 aromatic rings. The fourth-order valence-corrected chi connectivity index (χ4v) is 3.83. The Labute approximate surface area is 189 Å². The number of benzene rings is 4. The van der Waals surface area contributed by atoms with Crippen molar-refractivity contribution in [2.24, 2.45) is 0 Å². The molecule has 0 amide bonds. The van der Waals surface area contributed by atoms with Crippen LogP contribution in [0.25, 0.3) is 45.0 Å². The van der Waals surface area contributed by atoms with E-state index in [9.17, 15) is 0 Å². The van der Waals surface area contributed by atoms with Crippen LogP contribution in [0.2, 0.25) is 0 Å². The van der Waals surface area contributed by atoms with E-state index in [0.29, 0.717) is 16.4 Å². The maximum absolute atomic E-state index is 4.73. The van der Waals surface area contributed by atoms with E-state index < -0.39 is 0 Å². The van der Waals surface area contributed by atoms with Crippen molar-refractivity contribution in [2.45, 2.75) is 0 Å². The lowest BCUT2D eigenvalue weighted by Crippen LogP contribution is -1.97. The molecule has 0 radical (unpaired) electrons. The molecule has 1 heterocycles. The fraction of sp³-hybridized carbons (Fsp3) is 0. The standard InChI is InChI=1S/C27H18BrN3/c28-27-30-25(23-15-11-21(12-16-23)19-7-3-1-4-8-19)29-26(31-27)24-17-13-22(14-18-24)20-9-5-2-6-10-20/h1-18H. The maximum Gasteiger partial charge on any atom is 0.200 e. The molecule has 0 bridgehead atoms. The van der Waals surface area contributed by atoms with Crippen LogP contribution >= 0.6 is 15.9 Å². The number of hydrogen-bond acceptors (Lipinski definition) is 3. The van der Waals surface area contributed by atoms with Crippen molar-refractivity contribution >= 4 is 15.9 Å². The van der Waals surface area contributed by atoms with Gasteiger partial charge >= 0.3 is 0 Å². The van der Waals surface area contributed by atoms with E-state index in [0.717, 1.165) is 22.3 Å². The van der Waals surface area contributed by atoms with E-state index in [4.69, 9.17) is 4.98 Å². The van der Waals surface area contributed by atoms with Gasteiger partial charge in [0.05, 0.1) is 0 Å². The van der Waals surface area contributed by atoms with Crippen LogP contribution in [0.1, 0.15) is 0 Å². The van der Waals surface area contributed by atoms with E-state index in [-0.39, 0.29) is 0 Å². The van der Waals surface area contributed by atoms with Gasteiger partial charge in [0.1, 0.15) is 0 Å². The summed E-state index contributed by atoms with van der Waals surface area (Å²) in [6, 6.07) is 37.2. The van der Waals surface area contributed by atoms with Crippen molar-refractivity contribution in [3.63, 3.8) is 0 Å². The Morgan fingerprint density at radius 1 is 0.355 bits per heavy atom. The molecule has 0 atom stereocenters. The van der Waals surface area contributed by atoms with E-state index >= 15 is 0 Å². The molecular formula is C27H18BrN3. The Balaban J connectivity index is 1.45. The summed E-state index contributed by atoms with van der Waals surface area (Å²) in [5.74, 6) is 1.28. The fourth-order valence-electron chi connectivity index (χ4n) is 3.49. The summed E-state index contributed by atoms with van der Waals surface area (Å²) in [6.07, 6.45) is 0. The van der Waals surface area contributed by atoms with Crippen molar-refractivity contribution in [2.75, 3.05) is 0 Å². The average molecular weight is 464 g/mol. The second-order valence-corrected chi connectivity index (χ2v) is 7.85. The molecule has 4 aromatic carbocycles. The summed E-state index contributed by atoms with van der Waals surface area (Å²) in [6.45, 7) is 0. The molecule has 0 spiro atoms. The highest BCUT2D eigenvalue weighted by Crippen LogP contribution is 2.27. The highest BCUT2D eigenvalue weighted by molar-refractivity contribution is 9.10. The van der Waals surface area contributed by atoms with E-state index in [1.807, 2.05) is 60.7 Å². The van der Waals surface area contributed by atoms with Crippen molar-refractivity contribution in [1.29, 1.82) is 0 Å². The van der Waals surface area contributed by atoms with Gasteiger partial charge in [-0.3, -0.25) is 0 Å². The minimum atomic E-state index is 0.520. The zero-order valence-corrected chi connectivity index (χ0v) is 18.2. The lowest BCUT2D eigenvalue weighted by molar-refractivity contribution is 1.03. The molecule has 0 N–H and O–H groups in total. The lowest BCUT2D eigenvalue weighted by atomic mass is 10.0. The third-order valence-corrected chi connectivity index (χ3v) is 5.46. The number of aromatic nitrogens is 3. The second kappa shape index (κ2) is 8.62. The van der Waals surface area contributed by atoms with Crippen LogP contribution < -0.4 is 0 Å². The van der Waals surface area contributed by atoms with Crippen LogP contribution in [0, 0.1) is 0 Å². The van der Waals surface area contributed by atoms with Gasteiger partial charge in [-0.15, -0.1) is 0 Å². The summed E-state index contributed by atoms with van der Waals surface area (Å²) in [4.78, 5) is 13.7. The Hall–Kier alpha value is -3.63.